The summed E-state index contributed by atoms with van der Waals surface area (Å²) in [6.45, 7) is 4.71. The Morgan fingerprint density at radius 3 is 1.48 bits per heavy atom. The molecule has 0 aromatic heterocycles. The summed E-state index contributed by atoms with van der Waals surface area (Å²) in [6, 6.07) is 36.1. The average Bonchev–Trinajstić information content (AvgIpc) is 3.13. The number of carbonyl (C=O) groups excluding carboxylic acids is 2. The quantitative estimate of drug-likeness (QED) is 0.114. The van der Waals surface area contributed by atoms with Crippen LogP contribution < -0.4 is 0 Å². The fourth-order valence-electron chi connectivity index (χ4n) is 7.96. The van der Waals surface area contributed by atoms with Gasteiger partial charge in [-0.3, -0.25) is 4.79 Å². The number of carbonyl (C=O) groups is 2. The maximum absolute atomic E-state index is 13.9. The van der Waals surface area contributed by atoms with Gasteiger partial charge in [-0.2, -0.15) is 0 Å². The van der Waals surface area contributed by atoms with Crippen LogP contribution in [-0.2, 0) is 17.6 Å². The number of hydrogen-bond acceptors (Lipinski definition) is 3. The van der Waals surface area contributed by atoms with Gasteiger partial charge < -0.3 is 4.74 Å². The van der Waals surface area contributed by atoms with Crippen molar-refractivity contribution in [2.24, 2.45) is 23.7 Å². The molecule has 0 aliphatic heterocycles. The van der Waals surface area contributed by atoms with E-state index in [1.807, 2.05) is 84.9 Å². The zero-order valence-electron chi connectivity index (χ0n) is 28.9. The molecule has 0 N–H and O–H groups in total. The van der Waals surface area contributed by atoms with Gasteiger partial charge in [-0.25, -0.2) is 4.79 Å². The van der Waals surface area contributed by atoms with Gasteiger partial charge in [0.25, 0.3) is 0 Å². The minimum Gasteiger partial charge on any atom is -0.453 e. The van der Waals surface area contributed by atoms with Gasteiger partial charge in [0.15, 0.2) is 5.78 Å². The van der Waals surface area contributed by atoms with Crippen LogP contribution in [0.2, 0.25) is 0 Å². The Balaban J connectivity index is 1.19. The molecule has 2 aliphatic carbocycles. The van der Waals surface area contributed by atoms with Crippen molar-refractivity contribution in [1.82, 2.24) is 0 Å². The van der Waals surface area contributed by atoms with Crippen LogP contribution in [0.4, 0.5) is 0 Å². The zero-order chi connectivity index (χ0) is 33.3. The molecule has 0 amide bonds. The van der Waals surface area contributed by atoms with Crippen molar-refractivity contribution in [1.29, 1.82) is 0 Å². The Bertz CT molecular complexity index is 1450. The highest BCUT2D eigenvalue weighted by Crippen LogP contribution is 2.39. The highest BCUT2D eigenvalue weighted by molar-refractivity contribution is 5.96. The molecule has 3 nitrogen and oxygen atoms in total. The second kappa shape index (κ2) is 16.4. The third-order valence-electron chi connectivity index (χ3n) is 11.1. The average molecular weight is 641 g/mol. The molecule has 0 heterocycles. The number of benzene rings is 4. The third-order valence-corrected chi connectivity index (χ3v) is 11.1. The number of esters is 1. The van der Waals surface area contributed by atoms with Crippen molar-refractivity contribution in [3.8, 4) is 0 Å². The number of ketones is 1. The lowest BCUT2D eigenvalue weighted by molar-refractivity contribution is 0.0215. The van der Waals surface area contributed by atoms with E-state index in [-0.39, 0.29) is 24.1 Å². The van der Waals surface area contributed by atoms with Crippen LogP contribution in [0.5, 0.6) is 0 Å². The first-order chi connectivity index (χ1) is 23.4. The molecule has 0 unspecified atom stereocenters. The Labute approximate surface area is 288 Å². The van der Waals surface area contributed by atoms with E-state index >= 15 is 0 Å². The van der Waals surface area contributed by atoms with Gasteiger partial charge in [0, 0.05) is 17.9 Å². The van der Waals surface area contributed by atoms with E-state index in [0.29, 0.717) is 11.1 Å². The molecule has 0 saturated heterocycles. The molecule has 2 aliphatic rings. The minimum absolute atomic E-state index is 0.0559. The van der Waals surface area contributed by atoms with Crippen molar-refractivity contribution in [3.05, 3.63) is 143 Å². The molecule has 0 radical (unpaired) electrons. The van der Waals surface area contributed by atoms with Crippen LogP contribution in [0, 0.1) is 23.7 Å². The molecular formula is C45H52O3. The normalized spacial score (nSPS) is 22.4. The monoisotopic (exact) mass is 640 g/mol. The van der Waals surface area contributed by atoms with Gasteiger partial charge in [-0.05, 0) is 96.6 Å². The van der Waals surface area contributed by atoms with Crippen LogP contribution in [0.3, 0.4) is 0 Å². The van der Waals surface area contributed by atoms with Gasteiger partial charge >= 0.3 is 5.97 Å². The van der Waals surface area contributed by atoms with Gasteiger partial charge in [0.1, 0.15) is 6.10 Å². The van der Waals surface area contributed by atoms with Crippen molar-refractivity contribution >= 4 is 11.8 Å². The molecule has 4 aromatic carbocycles. The SMILES string of the molecule is CC1CCC(Cc2ccc(C(=O)C[C@H](c3ccccc3)[C@H](OC(=O)c3ccc(CC4CCC(C)CC4)cc3)c3ccccc3)cc2)CC1. The summed E-state index contributed by atoms with van der Waals surface area (Å²) < 4.78 is 6.40. The van der Waals surface area contributed by atoms with Crippen molar-refractivity contribution in [2.45, 2.75) is 96.5 Å². The van der Waals surface area contributed by atoms with E-state index in [1.165, 1.54) is 62.5 Å². The molecule has 3 heteroatoms. The highest BCUT2D eigenvalue weighted by atomic mass is 16.5. The van der Waals surface area contributed by atoms with Crippen LogP contribution in [0.25, 0.3) is 0 Å². The lowest BCUT2D eigenvalue weighted by Gasteiger charge is -2.28. The fraction of sp³-hybridized carbons (Fsp3) is 0.422. The number of Topliss-reactive ketones (excluding diaryl/α,β-unsaturated/α-hetero) is 1. The summed E-state index contributed by atoms with van der Waals surface area (Å²) >= 11 is 0. The Kier molecular flexibility index (Phi) is 11.6. The number of ether oxygens (including phenoxy) is 1. The lowest BCUT2D eigenvalue weighted by Crippen LogP contribution is -2.21. The highest BCUT2D eigenvalue weighted by Gasteiger charge is 2.31. The molecule has 0 spiro atoms. The molecular weight excluding hydrogens is 588 g/mol. The van der Waals surface area contributed by atoms with E-state index in [2.05, 4.69) is 38.1 Å². The summed E-state index contributed by atoms with van der Waals surface area (Å²) in [7, 11) is 0. The first kappa shape index (κ1) is 33.9. The summed E-state index contributed by atoms with van der Waals surface area (Å²) in [4.78, 5) is 27.7. The zero-order valence-corrected chi connectivity index (χ0v) is 28.9. The van der Waals surface area contributed by atoms with Crippen molar-refractivity contribution < 1.29 is 14.3 Å². The molecule has 2 atom stereocenters. The summed E-state index contributed by atoms with van der Waals surface area (Å²) in [6.07, 6.45) is 12.2. The Morgan fingerprint density at radius 1 is 0.562 bits per heavy atom. The second-order valence-electron chi connectivity index (χ2n) is 14.9. The molecule has 2 fully saturated rings. The maximum atomic E-state index is 13.9. The van der Waals surface area contributed by atoms with Crippen molar-refractivity contribution in [3.63, 3.8) is 0 Å². The van der Waals surface area contributed by atoms with Gasteiger partial charge in [-0.15, -0.1) is 0 Å². The topological polar surface area (TPSA) is 43.4 Å². The first-order valence-electron chi connectivity index (χ1n) is 18.4. The van der Waals surface area contributed by atoms with E-state index in [0.717, 1.165) is 47.6 Å². The minimum atomic E-state index is -0.623. The molecule has 250 valence electrons. The standard InChI is InChI=1S/C45H52O3/c1-32-13-17-34(18-14-32)29-36-21-25-39(26-22-36)43(46)31-42(38-9-5-3-6-10-38)44(40-11-7-4-8-12-40)48-45(47)41-27-23-37(24-28-41)30-35-19-15-33(2)16-20-35/h3-12,21-28,32-35,42,44H,13-20,29-31H2,1-2H3/t32?,33?,34?,35?,42-,44-/m1/s1. The Morgan fingerprint density at radius 2 is 1.00 bits per heavy atom. The predicted octanol–water partition coefficient (Wildman–Crippen LogP) is 11.4. The van der Waals surface area contributed by atoms with Gasteiger partial charge in [0.2, 0.25) is 0 Å². The van der Waals surface area contributed by atoms with Crippen LogP contribution in [0.15, 0.2) is 109 Å². The molecule has 6 rings (SSSR count). The maximum Gasteiger partial charge on any atom is 0.338 e. The van der Waals surface area contributed by atoms with Gasteiger partial charge in [0.05, 0.1) is 5.56 Å². The third kappa shape index (κ3) is 9.13. The van der Waals surface area contributed by atoms with Gasteiger partial charge in [-0.1, -0.05) is 137 Å². The Hall–Kier alpha value is -3.98. The van der Waals surface area contributed by atoms with E-state index in [9.17, 15) is 9.59 Å². The second-order valence-corrected chi connectivity index (χ2v) is 14.9. The smallest absolute Gasteiger partial charge is 0.338 e. The summed E-state index contributed by atoms with van der Waals surface area (Å²) in [5.41, 5.74) is 5.69. The van der Waals surface area contributed by atoms with E-state index < -0.39 is 6.10 Å². The molecule has 4 aromatic rings. The number of hydrogen-bond donors (Lipinski definition) is 0. The van der Waals surface area contributed by atoms with E-state index in [4.69, 9.17) is 4.74 Å². The summed E-state index contributed by atoms with van der Waals surface area (Å²) in [5, 5.41) is 0. The molecule has 48 heavy (non-hydrogen) atoms. The van der Waals surface area contributed by atoms with E-state index in [1.54, 1.807) is 0 Å². The lowest BCUT2D eigenvalue weighted by atomic mass is 9.80. The van der Waals surface area contributed by atoms with Crippen LogP contribution >= 0.6 is 0 Å². The molecule has 0 bridgehead atoms. The largest absolute Gasteiger partial charge is 0.453 e. The molecule has 2 saturated carbocycles. The first-order valence-corrected chi connectivity index (χ1v) is 18.4. The summed E-state index contributed by atoms with van der Waals surface area (Å²) in [5.74, 6) is 2.50. The predicted molar refractivity (Wildman–Crippen MR) is 195 cm³/mol. The van der Waals surface area contributed by atoms with Crippen LogP contribution in [-0.4, -0.2) is 11.8 Å². The van der Waals surface area contributed by atoms with Crippen molar-refractivity contribution in [2.75, 3.05) is 0 Å². The fourth-order valence-corrected chi connectivity index (χ4v) is 7.96. The number of rotatable bonds is 12. The van der Waals surface area contributed by atoms with Crippen LogP contribution in [0.1, 0.15) is 127 Å².